The first-order chi connectivity index (χ1) is 17.7. The number of primary amides is 1. The van der Waals surface area contributed by atoms with Gasteiger partial charge in [-0.2, -0.15) is 10.2 Å². The van der Waals surface area contributed by atoms with Gasteiger partial charge in [-0.15, -0.1) is 0 Å². The fourth-order valence-corrected chi connectivity index (χ4v) is 4.46. The van der Waals surface area contributed by atoms with Crippen LogP contribution in [0, 0.1) is 6.92 Å². The van der Waals surface area contributed by atoms with E-state index in [1.54, 1.807) is 61.6 Å². The highest BCUT2D eigenvalue weighted by Gasteiger charge is 2.22. The second kappa shape index (κ2) is 8.90. The van der Waals surface area contributed by atoms with Gasteiger partial charge < -0.3 is 10.6 Å². The van der Waals surface area contributed by atoms with Crippen LogP contribution in [0.4, 0.5) is 5.69 Å². The quantitative estimate of drug-likeness (QED) is 0.402. The van der Waals surface area contributed by atoms with E-state index in [0.29, 0.717) is 33.7 Å². The molecule has 0 aliphatic carbocycles. The smallest absolute Gasteiger partial charge is 0.350 e. The zero-order chi connectivity index (χ0) is 26.4. The largest absolute Gasteiger partial charge is 0.366 e. The fraction of sp³-hybridized carbons (Fsp3) is 0.148. The van der Waals surface area contributed by atoms with Crippen molar-refractivity contribution in [2.75, 3.05) is 11.9 Å². The molecule has 5 rings (SSSR count). The molecule has 0 spiro atoms. The molecule has 0 aliphatic heterocycles. The lowest BCUT2D eigenvalue weighted by atomic mass is 10.0. The standard InChI is InChI=1S/C27H25N7O3/c1-16-29-33(4)27(37)34(16)20-11-8-17(9-12-20)18-10-13-23-22(15-18)24(32(3)30-23)26(36)31(2)21-7-5-6-19(14-21)25(28)35/h5-15H,1-4H3,(H2,28,35). The number of aromatic nitrogens is 5. The Morgan fingerprint density at radius 3 is 2.24 bits per heavy atom. The van der Waals surface area contributed by atoms with Crippen LogP contribution >= 0.6 is 0 Å². The third kappa shape index (κ3) is 4.08. The van der Waals surface area contributed by atoms with Gasteiger partial charge in [-0.25, -0.2) is 14.0 Å². The highest BCUT2D eigenvalue weighted by atomic mass is 16.2. The lowest BCUT2D eigenvalue weighted by Crippen LogP contribution is -2.28. The van der Waals surface area contributed by atoms with Gasteiger partial charge in [-0.3, -0.25) is 14.3 Å². The molecular weight excluding hydrogens is 470 g/mol. The molecular formula is C27H25N7O3. The van der Waals surface area contributed by atoms with Gasteiger partial charge in [0.1, 0.15) is 11.5 Å². The maximum Gasteiger partial charge on any atom is 0.350 e. The number of rotatable bonds is 5. The Labute approximate surface area is 212 Å². The fourth-order valence-electron chi connectivity index (χ4n) is 4.46. The molecule has 0 radical (unpaired) electrons. The summed E-state index contributed by atoms with van der Waals surface area (Å²) in [7, 11) is 4.99. The number of amides is 2. The van der Waals surface area contributed by atoms with Crippen LogP contribution in [0.15, 0.2) is 71.5 Å². The van der Waals surface area contributed by atoms with Gasteiger partial charge in [-0.05, 0) is 60.5 Å². The molecule has 2 N–H and O–H groups in total. The molecule has 2 aromatic heterocycles. The molecule has 37 heavy (non-hydrogen) atoms. The molecule has 0 bridgehead atoms. The van der Waals surface area contributed by atoms with Crippen molar-refractivity contribution < 1.29 is 9.59 Å². The van der Waals surface area contributed by atoms with Crippen molar-refractivity contribution in [2.24, 2.45) is 19.8 Å². The Morgan fingerprint density at radius 2 is 1.59 bits per heavy atom. The molecule has 5 aromatic rings. The van der Waals surface area contributed by atoms with Gasteiger partial charge in [0.25, 0.3) is 5.91 Å². The topological polar surface area (TPSA) is 121 Å². The van der Waals surface area contributed by atoms with Crippen molar-refractivity contribution in [2.45, 2.75) is 6.92 Å². The number of carbonyl (C=O) groups excluding carboxylic acids is 2. The van der Waals surface area contributed by atoms with Crippen LogP contribution in [0.5, 0.6) is 0 Å². The first-order valence-electron chi connectivity index (χ1n) is 11.5. The summed E-state index contributed by atoms with van der Waals surface area (Å²) in [6.07, 6.45) is 0. The van der Waals surface area contributed by atoms with Crippen LogP contribution in [0.2, 0.25) is 0 Å². The molecule has 0 saturated heterocycles. The van der Waals surface area contributed by atoms with E-state index in [1.165, 1.54) is 9.58 Å². The summed E-state index contributed by atoms with van der Waals surface area (Å²) in [4.78, 5) is 39.0. The zero-order valence-electron chi connectivity index (χ0n) is 20.8. The van der Waals surface area contributed by atoms with Crippen LogP contribution in [0.3, 0.4) is 0 Å². The van der Waals surface area contributed by atoms with Crippen LogP contribution < -0.4 is 16.3 Å². The molecule has 3 aromatic carbocycles. The number of hydrogen-bond donors (Lipinski definition) is 1. The van der Waals surface area contributed by atoms with Crippen molar-refractivity contribution >= 4 is 28.4 Å². The third-order valence-electron chi connectivity index (χ3n) is 6.40. The van der Waals surface area contributed by atoms with E-state index < -0.39 is 5.91 Å². The summed E-state index contributed by atoms with van der Waals surface area (Å²) in [5, 5.41) is 9.39. The van der Waals surface area contributed by atoms with E-state index in [4.69, 9.17) is 5.73 Å². The number of hydrogen-bond acceptors (Lipinski definition) is 5. The van der Waals surface area contributed by atoms with Gasteiger partial charge in [0, 0.05) is 37.8 Å². The number of benzene rings is 3. The summed E-state index contributed by atoms with van der Waals surface area (Å²) in [6, 6.07) is 19.9. The number of nitrogens with zero attached hydrogens (tertiary/aromatic N) is 6. The molecule has 2 amide bonds. The maximum absolute atomic E-state index is 13.5. The number of nitrogens with two attached hydrogens (primary N) is 1. The summed E-state index contributed by atoms with van der Waals surface area (Å²) >= 11 is 0. The van der Waals surface area contributed by atoms with E-state index in [1.807, 2.05) is 42.5 Å². The zero-order valence-corrected chi connectivity index (χ0v) is 20.8. The first kappa shape index (κ1) is 23.7. The lowest BCUT2D eigenvalue weighted by molar-refractivity contribution is 0.0979. The lowest BCUT2D eigenvalue weighted by Gasteiger charge is -2.18. The Bertz CT molecular complexity index is 1740. The number of carbonyl (C=O) groups is 2. The van der Waals surface area contributed by atoms with Crippen molar-refractivity contribution in [1.29, 1.82) is 0 Å². The maximum atomic E-state index is 13.5. The Kier molecular flexibility index (Phi) is 5.71. The van der Waals surface area contributed by atoms with Gasteiger partial charge in [0.2, 0.25) is 5.91 Å². The first-order valence-corrected chi connectivity index (χ1v) is 11.5. The summed E-state index contributed by atoms with van der Waals surface area (Å²) in [5.74, 6) is -0.232. The molecule has 2 heterocycles. The molecule has 0 saturated carbocycles. The van der Waals surface area contributed by atoms with Crippen LogP contribution in [0.1, 0.15) is 26.7 Å². The number of aryl methyl sites for hydroxylation is 3. The van der Waals surface area contributed by atoms with E-state index in [-0.39, 0.29) is 11.6 Å². The van der Waals surface area contributed by atoms with Gasteiger partial charge in [0.15, 0.2) is 0 Å². The second-order valence-corrected chi connectivity index (χ2v) is 8.82. The predicted octanol–water partition coefficient (Wildman–Crippen LogP) is 2.81. The summed E-state index contributed by atoms with van der Waals surface area (Å²) in [5.41, 5.74) is 9.70. The van der Waals surface area contributed by atoms with Gasteiger partial charge >= 0.3 is 5.69 Å². The third-order valence-corrected chi connectivity index (χ3v) is 6.40. The average molecular weight is 496 g/mol. The number of anilines is 1. The molecule has 0 unspecified atom stereocenters. The van der Waals surface area contributed by atoms with E-state index >= 15 is 0 Å². The van der Waals surface area contributed by atoms with Crippen molar-refractivity contribution in [1.82, 2.24) is 24.1 Å². The molecule has 10 heteroatoms. The Balaban J connectivity index is 1.52. The Hall–Kier alpha value is -4.99. The minimum Gasteiger partial charge on any atom is -0.366 e. The molecule has 10 nitrogen and oxygen atoms in total. The molecule has 186 valence electrons. The van der Waals surface area contributed by atoms with Crippen LogP contribution in [-0.2, 0) is 14.1 Å². The summed E-state index contributed by atoms with van der Waals surface area (Å²) in [6.45, 7) is 1.78. The van der Waals surface area contributed by atoms with Crippen molar-refractivity contribution in [3.63, 3.8) is 0 Å². The monoisotopic (exact) mass is 495 g/mol. The highest BCUT2D eigenvalue weighted by molar-refractivity contribution is 6.13. The minimum atomic E-state index is -0.562. The Morgan fingerprint density at radius 1 is 0.892 bits per heavy atom. The van der Waals surface area contributed by atoms with E-state index in [0.717, 1.165) is 16.8 Å². The highest BCUT2D eigenvalue weighted by Crippen LogP contribution is 2.28. The molecule has 0 fully saturated rings. The van der Waals surface area contributed by atoms with Crippen molar-refractivity contribution in [3.8, 4) is 16.8 Å². The minimum absolute atomic E-state index is 0.212. The summed E-state index contributed by atoms with van der Waals surface area (Å²) < 4.78 is 4.42. The van der Waals surface area contributed by atoms with Crippen LogP contribution in [-0.4, -0.2) is 43.0 Å². The van der Waals surface area contributed by atoms with Gasteiger partial charge in [-0.1, -0.05) is 24.3 Å². The van der Waals surface area contributed by atoms with Gasteiger partial charge in [0.05, 0.1) is 11.2 Å². The SMILES string of the molecule is Cc1nn(C)c(=O)n1-c1ccc(-c2ccc3nn(C)c(C(=O)N(C)c4cccc(C(N)=O)c4)c3c2)cc1. The van der Waals surface area contributed by atoms with E-state index in [2.05, 4.69) is 10.2 Å². The predicted molar refractivity (Wildman–Crippen MR) is 141 cm³/mol. The van der Waals surface area contributed by atoms with E-state index in [9.17, 15) is 14.4 Å². The molecule has 0 aliphatic rings. The average Bonchev–Trinajstić information content (AvgIpc) is 3.36. The second-order valence-electron chi connectivity index (χ2n) is 8.82. The van der Waals surface area contributed by atoms with Crippen LogP contribution in [0.25, 0.3) is 27.7 Å². The molecule has 0 atom stereocenters. The van der Waals surface area contributed by atoms with Crippen molar-refractivity contribution in [3.05, 3.63) is 94.3 Å². The number of fused-ring (bicyclic) bond motifs is 1. The normalized spacial score (nSPS) is 11.1.